The largest absolute Gasteiger partial charge is 0.103 e. The maximum Gasteiger partial charge on any atom is 0.00353 e. The summed E-state index contributed by atoms with van der Waals surface area (Å²) >= 11 is 0. The second-order valence-electron chi connectivity index (χ2n) is 3.94. The average Bonchev–Trinajstić information content (AvgIpc) is 2.15. The van der Waals surface area contributed by atoms with Gasteiger partial charge in [0.2, 0.25) is 0 Å². The van der Waals surface area contributed by atoms with Crippen LogP contribution < -0.4 is 0 Å². The highest BCUT2D eigenvalue weighted by molar-refractivity contribution is 6.09. The van der Waals surface area contributed by atoms with E-state index in [1.54, 1.807) is 0 Å². The van der Waals surface area contributed by atoms with Crippen LogP contribution in [0, 0.1) is 5.41 Å². The van der Waals surface area contributed by atoms with Gasteiger partial charge in [-0.25, -0.2) is 0 Å². The predicted octanol–water partition coefficient (Wildman–Crippen LogP) is 3.10. The summed E-state index contributed by atoms with van der Waals surface area (Å²) in [5.74, 6) is 0. The highest BCUT2D eigenvalue weighted by Crippen LogP contribution is 2.36. The molecule has 0 saturated carbocycles. The van der Waals surface area contributed by atoms with Crippen molar-refractivity contribution in [1.82, 2.24) is 0 Å². The first kappa shape index (κ1) is 12.7. The molecule has 76 valence electrons. The summed E-state index contributed by atoms with van der Waals surface area (Å²) in [5, 5.41) is 0. The molecule has 0 aromatic heterocycles. The highest BCUT2D eigenvalue weighted by atomic mass is 28.1. The summed E-state index contributed by atoms with van der Waals surface area (Å²) in [4.78, 5) is 0. The molecule has 0 unspecified atom stereocenters. The summed E-state index contributed by atoms with van der Waals surface area (Å²) in [7, 11) is 1.30. The Morgan fingerprint density at radius 2 is 1.77 bits per heavy atom. The van der Waals surface area contributed by atoms with Gasteiger partial charge >= 0.3 is 0 Å². The third-order valence-electron chi connectivity index (χ3n) is 2.97. The van der Waals surface area contributed by atoms with E-state index in [0.29, 0.717) is 5.41 Å². The molecular weight excluding hydrogens is 172 g/mol. The molecule has 0 saturated heterocycles. The van der Waals surface area contributed by atoms with Gasteiger partial charge in [0.15, 0.2) is 0 Å². The minimum absolute atomic E-state index is 0.520. The summed E-state index contributed by atoms with van der Waals surface area (Å²) in [5.41, 5.74) is 0.520. The van der Waals surface area contributed by atoms with Gasteiger partial charge in [0.05, 0.1) is 0 Å². The Labute approximate surface area is 86.5 Å². The maximum absolute atomic E-state index is 3.86. The molecule has 0 atom stereocenters. The van der Waals surface area contributed by atoms with E-state index in [9.17, 15) is 0 Å². The van der Waals surface area contributed by atoms with Crippen molar-refractivity contribution < 1.29 is 0 Å². The van der Waals surface area contributed by atoms with E-state index in [4.69, 9.17) is 0 Å². The Kier molecular flexibility index (Phi) is 6.97. The van der Waals surface area contributed by atoms with Crippen molar-refractivity contribution in [2.24, 2.45) is 5.41 Å². The van der Waals surface area contributed by atoms with Crippen LogP contribution in [0.5, 0.6) is 0 Å². The van der Waals surface area contributed by atoms with Gasteiger partial charge in [0.25, 0.3) is 0 Å². The maximum atomic E-state index is 3.86. The number of rotatable bonds is 8. The highest BCUT2D eigenvalue weighted by Gasteiger charge is 2.23. The van der Waals surface area contributed by atoms with E-state index in [1.165, 1.54) is 48.4 Å². The molecule has 0 rings (SSSR count). The van der Waals surface area contributed by atoms with Crippen LogP contribution in [-0.2, 0) is 0 Å². The zero-order valence-corrected chi connectivity index (χ0v) is 11.3. The molecule has 0 amide bonds. The van der Waals surface area contributed by atoms with E-state index in [1.807, 2.05) is 0 Å². The fourth-order valence-electron chi connectivity index (χ4n) is 1.92. The standard InChI is InChI=1S/C12H24Si/c1-4-7-10-12(11-13,8-5-2)9-6-3/h5-6H,2-4,7-11H2,1,13H3. The Hall–Kier alpha value is -0.303. The van der Waals surface area contributed by atoms with E-state index in [-0.39, 0.29) is 0 Å². The zero-order chi connectivity index (χ0) is 10.2. The van der Waals surface area contributed by atoms with Crippen molar-refractivity contribution in [3.63, 3.8) is 0 Å². The van der Waals surface area contributed by atoms with Crippen molar-refractivity contribution in [3.05, 3.63) is 25.3 Å². The first-order valence-electron chi connectivity index (χ1n) is 5.46. The van der Waals surface area contributed by atoms with Crippen molar-refractivity contribution in [2.45, 2.75) is 45.1 Å². The van der Waals surface area contributed by atoms with Crippen molar-refractivity contribution >= 4 is 10.2 Å². The van der Waals surface area contributed by atoms with Gasteiger partial charge in [-0.3, -0.25) is 0 Å². The topological polar surface area (TPSA) is 0 Å². The molecule has 13 heavy (non-hydrogen) atoms. The van der Waals surface area contributed by atoms with E-state index in [2.05, 4.69) is 32.2 Å². The van der Waals surface area contributed by atoms with Gasteiger partial charge in [0, 0.05) is 10.2 Å². The molecule has 0 aliphatic carbocycles. The van der Waals surface area contributed by atoms with E-state index >= 15 is 0 Å². The minimum atomic E-state index is 0.520. The SMILES string of the molecule is C=CCC(C[SiH3])(CC=C)CCCC. The van der Waals surface area contributed by atoms with Gasteiger partial charge in [-0.05, 0) is 24.7 Å². The molecule has 0 spiro atoms. The quantitative estimate of drug-likeness (QED) is 0.413. The zero-order valence-electron chi connectivity index (χ0n) is 9.31. The van der Waals surface area contributed by atoms with Crippen molar-refractivity contribution in [2.75, 3.05) is 0 Å². The molecular formula is C12H24Si. The van der Waals surface area contributed by atoms with Crippen LogP contribution in [0.25, 0.3) is 0 Å². The fraction of sp³-hybridized carbons (Fsp3) is 0.667. The Morgan fingerprint density at radius 3 is 2.08 bits per heavy atom. The fourth-order valence-corrected chi connectivity index (χ4v) is 2.85. The van der Waals surface area contributed by atoms with Gasteiger partial charge in [-0.1, -0.05) is 38.0 Å². The normalized spacial score (nSPS) is 11.5. The van der Waals surface area contributed by atoms with Gasteiger partial charge in [-0.2, -0.15) is 0 Å². The van der Waals surface area contributed by atoms with Crippen molar-refractivity contribution in [1.29, 1.82) is 0 Å². The monoisotopic (exact) mass is 196 g/mol. The first-order chi connectivity index (χ1) is 6.24. The van der Waals surface area contributed by atoms with Gasteiger partial charge in [0.1, 0.15) is 0 Å². The lowest BCUT2D eigenvalue weighted by Crippen LogP contribution is -2.18. The van der Waals surface area contributed by atoms with E-state index < -0.39 is 0 Å². The van der Waals surface area contributed by atoms with Crippen LogP contribution in [0.1, 0.15) is 39.0 Å². The summed E-state index contributed by atoms with van der Waals surface area (Å²) in [6, 6.07) is 1.38. The minimum Gasteiger partial charge on any atom is -0.103 e. The molecule has 0 aromatic rings. The molecule has 0 heterocycles. The van der Waals surface area contributed by atoms with E-state index in [0.717, 1.165) is 0 Å². The van der Waals surface area contributed by atoms with Crippen LogP contribution in [0.4, 0.5) is 0 Å². The number of unbranched alkanes of at least 4 members (excludes halogenated alkanes) is 1. The third-order valence-corrected chi connectivity index (χ3v) is 4.47. The summed E-state index contributed by atoms with van der Waals surface area (Å²) in [6.45, 7) is 9.99. The molecule has 0 nitrogen and oxygen atoms in total. The lowest BCUT2D eigenvalue weighted by molar-refractivity contribution is 0.295. The Balaban J connectivity index is 4.23. The first-order valence-corrected chi connectivity index (χ1v) is 6.88. The van der Waals surface area contributed by atoms with Crippen molar-refractivity contribution in [3.8, 4) is 0 Å². The number of hydrogen-bond acceptors (Lipinski definition) is 0. The lowest BCUT2D eigenvalue weighted by atomic mass is 9.78. The Bertz CT molecular complexity index is 139. The third kappa shape index (κ3) is 4.46. The molecule has 1 heteroatoms. The van der Waals surface area contributed by atoms with Gasteiger partial charge in [-0.15, -0.1) is 13.2 Å². The number of hydrogen-bond donors (Lipinski definition) is 0. The molecule has 0 bridgehead atoms. The van der Waals surface area contributed by atoms with Crippen LogP contribution in [0.2, 0.25) is 6.04 Å². The smallest absolute Gasteiger partial charge is 0.00353 e. The second-order valence-corrected chi connectivity index (χ2v) is 4.65. The molecule has 0 N–H and O–H groups in total. The van der Waals surface area contributed by atoms with Crippen LogP contribution in [0.3, 0.4) is 0 Å². The lowest BCUT2D eigenvalue weighted by Gasteiger charge is -2.30. The molecule has 0 aliphatic rings. The Morgan fingerprint density at radius 1 is 1.23 bits per heavy atom. The molecule has 0 radical (unpaired) electrons. The second kappa shape index (κ2) is 7.13. The molecule has 0 aliphatic heterocycles. The van der Waals surface area contributed by atoms with Gasteiger partial charge < -0.3 is 0 Å². The predicted molar refractivity (Wildman–Crippen MR) is 66.3 cm³/mol. The van der Waals surface area contributed by atoms with Crippen LogP contribution >= 0.6 is 0 Å². The summed E-state index contributed by atoms with van der Waals surface area (Å²) < 4.78 is 0. The van der Waals surface area contributed by atoms with Crippen LogP contribution in [0.15, 0.2) is 25.3 Å². The molecule has 0 aromatic carbocycles. The molecule has 0 fully saturated rings. The summed E-state index contributed by atoms with van der Waals surface area (Å²) in [6.07, 6.45) is 10.5. The number of allylic oxidation sites excluding steroid dienone is 2. The average molecular weight is 196 g/mol. The van der Waals surface area contributed by atoms with Crippen LogP contribution in [-0.4, -0.2) is 10.2 Å².